The van der Waals surface area contributed by atoms with E-state index in [2.05, 4.69) is 18.3 Å². The summed E-state index contributed by atoms with van der Waals surface area (Å²) in [5.41, 5.74) is 3.12. The van der Waals surface area contributed by atoms with Crippen LogP contribution in [0.4, 0.5) is 0 Å². The van der Waals surface area contributed by atoms with Crippen molar-refractivity contribution in [2.24, 2.45) is 7.05 Å². The molecule has 2 heteroatoms. The van der Waals surface area contributed by atoms with E-state index >= 15 is 0 Å². The Morgan fingerprint density at radius 3 is 2.73 bits per heavy atom. The molecule has 1 aromatic rings. The van der Waals surface area contributed by atoms with Gasteiger partial charge in [-0.3, -0.25) is 4.68 Å². The second-order valence-electron chi connectivity index (χ2n) is 2.55. The van der Waals surface area contributed by atoms with Crippen LogP contribution in [-0.2, 0) is 7.05 Å². The highest BCUT2D eigenvalue weighted by Crippen LogP contribution is 2.16. The summed E-state index contributed by atoms with van der Waals surface area (Å²) < 4.78 is 1.79. The first-order valence-corrected chi connectivity index (χ1v) is 3.47. The lowest BCUT2D eigenvalue weighted by Gasteiger charge is -1.98. The molecule has 0 unspecified atom stereocenters. The van der Waals surface area contributed by atoms with Gasteiger partial charge in [-0.25, -0.2) is 0 Å². The zero-order valence-electron chi connectivity index (χ0n) is 6.96. The third kappa shape index (κ3) is 1.24. The molecule has 11 heavy (non-hydrogen) atoms. The van der Waals surface area contributed by atoms with E-state index in [1.165, 1.54) is 0 Å². The average molecular weight is 148 g/mol. The van der Waals surface area contributed by atoms with E-state index < -0.39 is 0 Å². The predicted molar refractivity (Wildman–Crippen MR) is 48.0 cm³/mol. The van der Waals surface area contributed by atoms with Crippen molar-refractivity contribution in [3.63, 3.8) is 0 Å². The Kier molecular flexibility index (Phi) is 1.94. The van der Waals surface area contributed by atoms with Gasteiger partial charge in [0.05, 0.1) is 11.9 Å². The van der Waals surface area contributed by atoms with Crippen molar-refractivity contribution >= 4 is 11.6 Å². The Bertz CT molecular complexity index is 295. The van der Waals surface area contributed by atoms with Gasteiger partial charge in [-0.1, -0.05) is 13.2 Å². The Balaban J connectivity index is 3.26. The summed E-state index contributed by atoms with van der Waals surface area (Å²) in [6.07, 6.45) is 3.59. The van der Waals surface area contributed by atoms with Crippen LogP contribution >= 0.6 is 0 Å². The highest BCUT2D eigenvalue weighted by molar-refractivity contribution is 5.68. The van der Waals surface area contributed by atoms with E-state index in [4.69, 9.17) is 0 Å². The van der Waals surface area contributed by atoms with E-state index in [0.29, 0.717) is 0 Å². The molecule has 0 aliphatic carbocycles. The van der Waals surface area contributed by atoms with Gasteiger partial charge < -0.3 is 0 Å². The van der Waals surface area contributed by atoms with Gasteiger partial charge in [0.25, 0.3) is 0 Å². The average Bonchev–Trinajstić information content (AvgIpc) is 2.30. The molecule has 0 fully saturated rings. The molecule has 0 spiro atoms. The fourth-order valence-corrected chi connectivity index (χ4v) is 1.02. The van der Waals surface area contributed by atoms with Gasteiger partial charge in [0.15, 0.2) is 0 Å². The van der Waals surface area contributed by atoms with Crippen molar-refractivity contribution in [1.29, 1.82) is 0 Å². The van der Waals surface area contributed by atoms with Gasteiger partial charge in [0, 0.05) is 12.6 Å². The van der Waals surface area contributed by atoms with Crippen molar-refractivity contribution < 1.29 is 0 Å². The molecule has 0 aromatic carbocycles. The van der Waals surface area contributed by atoms with Crippen LogP contribution < -0.4 is 0 Å². The van der Waals surface area contributed by atoms with E-state index in [-0.39, 0.29) is 0 Å². The molecule has 1 rings (SSSR count). The molecule has 0 saturated carbocycles. The molecule has 0 amide bonds. The van der Waals surface area contributed by atoms with Crippen LogP contribution in [0.15, 0.2) is 19.4 Å². The van der Waals surface area contributed by atoms with Crippen molar-refractivity contribution in [2.45, 2.75) is 6.92 Å². The van der Waals surface area contributed by atoms with E-state index in [9.17, 15) is 0 Å². The van der Waals surface area contributed by atoms with Gasteiger partial charge in [0.1, 0.15) is 0 Å². The lowest BCUT2D eigenvalue weighted by Crippen LogP contribution is -1.93. The lowest BCUT2D eigenvalue weighted by atomic mass is 10.1. The molecule has 0 atom stereocenters. The number of hydrogen-bond acceptors (Lipinski definition) is 1. The molecular formula is C9H12N2. The number of aryl methyl sites for hydroxylation is 1. The summed E-state index contributed by atoms with van der Waals surface area (Å²) in [5, 5.41) is 4.09. The summed E-state index contributed by atoms with van der Waals surface area (Å²) in [6.45, 7) is 9.51. The van der Waals surface area contributed by atoms with Gasteiger partial charge in [-0.05, 0) is 18.6 Å². The maximum atomic E-state index is 4.09. The van der Waals surface area contributed by atoms with Gasteiger partial charge in [-0.15, -0.1) is 0 Å². The second kappa shape index (κ2) is 2.74. The molecule has 1 aromatic heterocycles. The fourth-order valence-electron chi connectivity index (χ4n) is 1.02. The zero-order chi connectivity index (χ0) is 8.43. The second-order valence-corrected chi connectivity index (χ2v) is 2.55. The molecular weight excluding hydrogens is 136 g/mol. The molecule has 0 aliphatic rings. The molecule has 0 saturated heterocycles. The van der Waals surface area contributed by atoms with Crippen molar-refractivity contribution in [1.82, 2.24) is 9.78 Å². The Morgan fingerprint density at radius 1 is 1.73 bits per heavy atom. The largest absolute Gasteiger partial charge is 0.268 e. The van der Waals surface area contributed by atoms with Crippen LogP contribution in [0.1, 0.15) is 18.2 Å². The number of hydrogen-bond donors (Lipinski definition) is 0. The topological polar surface area (TPSA) is 17.8 Å². The standard InChI is InChI=1S/C9H12N2/c1-5-9-8(7(2)3)6-10-11(9)4/h5-6H,1-2H2,3-4H3. The normalized spacial score (nSPS) is 9.64. The number of nitrogens with zero attached hydrogens (tertiary/aromatic N) is 2. The highest BCUT2D eigenvalue weighted by atomic mass is 15.3. The van der Waals surface area contributed by atoms with Gasteiger partial charge in [-0.2, -0.15) is 5.10 Å². The smallest absolute Gasteiger partial charge is 0.0675 e. The van der Waals surface area contributed by atoms with E-state index in [1.54, 1.807) is 17.0 Å². The zero-order valence-corrected chi connectivity index (χ0v) is 6.96. The number of allylic oxidation sites excluding steroid dienone is 1. The first-order chi connectivity index (χ1) is 5.16. The van der Waals surface area contributed by atoms with Crippen LogP contribution in [0.25, 0.3) is 11.6 Å². The lowest BCUT2D eigenvalue weighted by molar-refractivity contribution is 0.759. The Morgan fingerprint density at radius 2 is 2.36 bits per heavy atom. The van der Waals surface area contributed by atoms with E-state index in [0.717, 1.165) is 16.8 Å². The summed E-state index contributed by atoms with van der Waals surface area (Å²) in [5.74, 6) is 0. The van der Waals surface area contributed by atoms with Gasteiger partial charge in [0.2, 0.25) is 0 Å². The molecule has 2 nitrogen and oxygen atoms in total. The molecule has 58 valence electrons. The van der Waals surface area contributed by atoms with E-state index in [1.807, 2.05) is 14.0 Å². The maximum Gasteiger partial charge on any atom is 0.0675 e. The SMILES string of the molecule is C=Cc1c(C(=C)C)cnn1C. The first-order valence-electron chi connectivity index (χ1n) is 3.47. The minimum atomic E-state index is 1.02. The third-order valence-electron chi connectivity index (χ3n) is 1.64. The minimum absolute atomic E-state index is 1.02. The summed E-state index contributed by atoms with van der Waals surface area (Å²) in [4.78, 5) is 0. The van der Waals surface area contributed by atoms with Crippen molar-refractivity contribution in [2.75, 3.05) is 0 Å². The Labute approximate surface area is 66.8 Å². The monoisotopic (exact) mass is 148 g/mol. The van der Waals surface area contributed by atoms with Gasteiger partial charge >= 0.3 is 0 Å². The van der Waals surface area contributed by atoms with Crippen molar-refractivity contribution in [3.8, 4) is 0 Å². The van der Waals surface area contributed by atoms with Crippen LogP contribution in [0.5, 0.6) is 0 Å². The highest BCUT2D eigenvalue weighted by Gasteiger charge is 2.03. The fraction of sp³-hybridized carbons (Fsp3) is 0.222. The van der Waals surface area contributed by atoms with Crippen LogP contribution in [0.3, 0.4) is 0 Å². The molecule has 0 radical (unpaired) electrons. The summed E-state index contributed by atoms with van der Waals surface area (Å²) >= 11 is 0. The quantitative estimate of drug-likeness (QED) is 0.628. The number of rotatable bonds is 2. The molecule has 0 N–H and O–H groups in total. The van der Waals surface area contributed by atoms with Crippen molar-refractivity contribution in [3.05, 3.63) is 30.6 Å². The molecule has 1 heterocycles. The maximum absolute atomic E-state index is 4.09. The van der Waals surface area contributed by atoms with Crippen LogP contribution in [0, 0.1) is 0 Å². The predicted octanol–water partition coefficient (Wildman–Crippen LogP) is 2.10. The Hall–Kier alpha value is -1.31. The third-order valence-corrected chi connectivity index (χ3v) is 1.64. The first kappa shape index (κ1) is 7.79. The molecule has 0 bridgehead atoms. The van der Waals surface area contributed by atoms with Crippen LogP contribution in [0.2, 0.25) is 0 Å². The minimum Gasteiger partial charge on any atom is -0.268 e. The number of aromatic nitrogens is 2. The molecule has 0 aliphatic heterocycles. The summed E-state index contributed by atoms with van der Waals surface area (Å²) in [6, 6.07) is 0. The summed E-state index contributed by atoms with van der Waals surface area (Å²) in [7, 11) is 1.89. The van der Waals surface area contributed by atoms with Crippen LogP contribution in [-0.4, -0.2) is 9.78 Å².